The van der Waals surface area contributed by atoms with Crippen molar-refractivity contribution in [1.29, 1.82) is 0 Å². The molecule has 2 unspecified atom stereocenters. The predicted molar refractivity (Wildman–Crippen MR) is 100 cm³/mol. The van der Waals surface area contributed by atoms with Gasteiger partial charge in [-0.3, -0.25) is 0 Å². The Bertz CT molecular complexity index is 734. The Morgan fingerprint density at radius 3 is 2.38 bits per heavy atom. The second-order valence-corrected chi connectivity index (χ2v) is 7.22. The van der Waals surface area contributed by atoms with E-state index in [0.717, 1.165) is 0 Å². The van der Waals surface area contributed by atoms with E-state index >= 15 is 0 Å². The van der Waals surface area contributed by atoms with E-state index in [1.54, 1.807) is 24.3 Å². The number of esters is 2. The number of rotatable bonds is 7. The Hall–Kier alpha value is -2.17. The Labute approximate surface area is 172 Å². The first-order valence-corrected chi connectivity index (χ1v) is 9.07. The topological polar surface area (TPSA) is 132 Å². The third kappa shape index (κ3) is 5.68. The number of aliphatic hydroxyl groups excluding tert-OH is 3. The Balaban J connectivity index is 2.08. The second kappa shape index (κ2) is 9.55. The molecule has 2 rings (SSSR count). The molecule has 1 aromatic carbocycles. The summed E-state index contributed by atoms with van der Waals surface area (Å²) in [4.78, 5) is 24.5. The van der Waals surface area contributed by atoms with Gasteiger partial charge in [0.05, 0.1) is 0 Å². The number of carbonyl (C=O) groups is 2. The number of aliphatic hydroxyl groups is 3. The molecule has 1 fully saturated rings. The number of halogens is 1. The maximum Gasteiger partial charge on any atom is 0.352 e. The van der Waals surface area contributed by atoms with Crippen molar-refractivity contribution < 1.29 is 43.9 Å². The average Bonchev–Trinajstić information content (AvgIpc) is 2.67. The highest BCUT2D eigenvalue weighted by molar-refractivity contribution is 6.30. The molecule has 0 amide bonds. The highest BCUT2D eigenvalue weighted by atomic mass is 35.5. The average molecular weight is 431 g/mol. The van der Waals surface area contributed by atoms with E-state index < -0.39 is 48.2 Å². The van der Waals surface area contributed by atoms with Gasteiger partial charge in [0.1, 0.15) is 30.7 Å². The van der Waals surface area contributed by atoms with Crippen LogP contribution in [0.4, 0.5) is 0 Å². The van der Waals surface area contributed by atoms with Crippen LogP contribution in [0.1, 0.15) is 13.8 Å². The molecule has 9 nitrogen and oxygen atoms in total. The summed E-state index contributed by atoms with van der Waals surface area (Å²) >= 11 is 5.81. The zero-order valence-corrected chi connectivity index (χ0v) is 16.6. The van der Waals surface area contributed by atoms with E-state index in [9.17, 15) is 24.9 Å². The molecule has 0 aromatic heterocycles. The number of ether oxygens (including phenoxy) is 4. The Morgan fingerprint density at radius 1 is 1.17 bits per heavy atom. The fourth-order valence-electron chi connectivity index (χ4n) is 2.45. The van der Waals surface area contributed by atoms with Gasteiger partial charge in [-0.1, -0.05) is 24.3 Å². The van der Waals surface area contributed by atoms with Crippen molar-refractivity contribution in [3.05, 3.63) is 41.9 Å². The fourth-order valence-corrected chi connectivity index (χ4v) is 2.58. The lowest BCUT2D eigenvalue weighted by Crippen LogP contribution is -2.61. The molecule has 5 atom stereocenters. The predicted octanol–water partition coefficient (Wildman–Crippen LogP) is 0.577. The third-order valence-electron chi connectivity index (χ3n) is 4.05. The number of hydrogen-bond donors (Lipinski definition) is 3. The lowest BCUT2D eigenvalue weighted by Gasteiger charge is -2.39. The lowest BCUT2D eigenvalue weighted by atomic mass is 9.99. The van der Waals surface area contributed by atoms with Crippen molar-refractivity contribution in [2.45, 2.75) is 50.2 Å². The summed E-state index contributed by atoms with van der Waals surface area (Å²) in [6.07, 6.45) is -7.52. The molecular formula is C19H23ClO9. The minimum absolute atomic E-state index is 0.156. The van der Waals surface area contributed by atoms with Gasteiger partial charge < -0.3 is 34.3 Å². The minimum Gasteiger partial charge on any atom is -0.476 e. The smallest absolute Gasteiger partial charge is 0.352 e. The zero-order chi connectivity index (χ0) is 21.8. The summed E-state index contributed by atoms with van der Waals surface area (Å²) in [5, 5.41) is 30.5. The third-order valence-corrected chi connectivity index (χ3v) is 4.30. The molecule has 29 heavy (non-hydrogen) atoms. The summed E-state index contributed by atoms with van der Waals surface area (Å²) in [6.45, 7) is 6.06. The molecule has 0 aliphatic carbocycles. The number of benzene rings is 1. The van der Waals surface area contributed by atoms with Gasteiger partial charge in [-0.2, -0.15) is 0 Å². The van der Waals surface area contributed by atoms with Crippen molar-refractivity contribution in [2.75, 3.05) is 6.61 Å². The summed E-state index contributed by atoms with van der Waals surface area (Å²) in [7, 11) is 0. The van der Waals surface area contributed by atoms with E-state index in [1.165, 1.54) is 19.9 Å². The Morgan fingerprint density at radius 2 is 1.79 bits per heavy atom. The molecule has 1 heterocycles. The van der Waals surface area contributed by atoms with Crippen LogP contribution in [-0.4, -0.2) is 70.2 Å². The number of carbonyl (C=O) groups excluding carboxylic acids is 2. The molecule has 1 saturated heterocycles. The first kappa shape index (κ1) is 23.1. The van der Waals surface area contributed by atoms with Gasteiger partial charge in [-0.15, -0.1) is 0 Å². The molecular weight excluding hydrogens is 408 g/mol. The van der Waals surface area contributed by atoms with Crippen LogP contribution in [0, 0.1) is 0 Å². The quantitative estimate of drug-likeness (QED) is 0.419. The van der Waals surface area contributed by atoms with Crippen LogP contribution in [0.2, 0.25) is 5.02 Å². The summed E-state index contributed by atoms with van der Waals surface area (Å²) in [5.74, 6) is -1.62. The summed E-state index contributed by atoms with van der Waals surface area (Å²) in [6, 6.07) is 6.25. The van der Waals surface area contributed by atoms with E-state index in [1.807, 2.05) is 0 Å². The van der Waals surface area contributed by atoms with Crippen molar-refractivity contribution in [3.63, 3.8) is 0 Å². The van der Waals surface area contributed by atoms with Crippen LogP contribution in [0.25, 0.3) is 0 Å². The largest absolute Gasteiger partial charge is 0.476 e. The SMILES string of the molecule is C=CCOC(=O)[C@@H]1OC(OC(=O)C(C)(C)Oc2ccc(Cl)cc2)[C@@H](O)C(O)[C@H]1O. The number of hydrogen-bond acceptors (Lipinski definition) is 9. The van der Waals surface area contributed by atoms with Gasteiger partial charge in [-0.05, 0) is 38.1 Å². The van der Waals surface area contributed by atoms with Crippen molar-refractivity contribution in [3.8, 4) is 5.75 Å². The minimum atomic E-state index is -1.82. The summed E-state index contributed by atoms with van der Waals surface area (Å²) < 4.78 is 20.7. The van der Waals surface area contributed by atoms with Crippen molar-refractivity contribution in [1.82, 2.24) is 0 Å². The van der Waals surface area contributed by atoms with Gasteiger partial charge >= 0.3 is 11.9 Å². The molecule has 3 N–H and O–H groups in total. The zero-order valence-electron chi connectivity index (χ0n) is 15.9. The van der Waals surface area contributed by atoms with Gasteiger partial charge in [0.15, 0.2) is 11.7 Å². The maximum atomic E-state index is 12.5. The molecule has 0 saturated carbocycles. The van der Waals surface area contributed by atoms with Gasteiger partial charge in [0, 0.05) is 5.02 Å². The van der Waals surface area contributed by atoms with Crippen molar-refractivity contribution >= 4 is 23.5 Å². The van der Waals surface area contributed by atoms with E-state index in [2.05, 4.69) is 6.58 Å². The van der Waals surface area contributed by atoms with Crippen LogP contribution in [0.5, 0.6) is 5.75 Å². The highest BCUT2D eigenvalue weighted by Crippen LogP contribution is 2.26. The normalized spacial score (nSPS) is 27.0. The van der Waals surface area contributed by atoms with Gasteiger partial charge in [0.2, 0.25) is 6.29 Å². The van der Waals surface area contributed by atoms with Crippen molar-refractivity contribution in [2.24, 2.45) is 0 Å². The molecule has 1 aliphatic rings. The van der Waals surface area contributed by atoms with Crippen LogP contribution >= 0.6 is 11.6 Å². The molecule has 160 valence electrons. The van der Waals surface area contributed by atoms with Crippen LogP contribution in [0.15, 0.2) is 36.9 Å². The molecule has 1 aliphatic heterocycles. The first-order valence-electron chi connectivity index (χ1n) is 8.69. The standard InChI is InChI=1S/C19H23ClO9/c1-4-9-26-16(24)15-13(22)12(21)14(23)17(27-15)28-18(25)19(2,3)29-11-7-5-10(20)6-8-11/h4-8,12-15,17,21-23H,1,9H2,2-3H3/t12?,13-,14+,15-,17?/m1/s1. The molecule has 1 aromatic rings. The van der Waals surface area contributed by atoms with Crippen LogP contribution in [0.3, 0.4) is 0 Å². The maximum absolute atomic E-state index is 12.5. The monoisotopic (exact) mass is 430 g/mol. The second-order valence-electron chi connectivity index (χ2n) is 6.79. The lowest BCUT2D eigenvalue weighted by molar-refractivity contribution is -0.290. The first-order chi connectivity index (χ1) is 13.6. The fraction of sp³-hybridized carbons (Fsp3) is 0.474. The summed E-state index contributed by atoms with van der Waals surface area (Å²) in [5.41, 5.74) is -1.52. The Kier molecular flexibility index (Phi) is 7.61. The van der Waals surface area contributed by atoms with Gasteiger partial charge in [-0.25, -0.2) is 9.59 Å². The molecule has 0 spiro atoms. The molecule has 0 bridgehead atoms. The van der Waals surface area contributed by atoms with Crippen LogP contribution < -0.4 is 4.74 Å². The van der Waals surface area contributed by atoms with Gasteiger partial charge in [0.25, 0.3) is 0 Å². The molecule has 0 radical (unpaired) electrons. The van der Waals surface area contributed by atoms with Crippen LogP contribution in [-0.2, 0) is 23.8 Å². The molecule has 10 heteroatoms. The van der Waals surface area contributed by atoms with E-state index in [0.29, 0.717) is 10.8 Å². The highest BCUT2D eigenvalue weighted by Gasteiger charge is 2.50. The van der Waals surface area contributed by atoms with E-state index in [-0.39, 0.29) is 6.61 Å². The van der Waals surface area contributed by atoms with E-state index in [4.69, 9.17) is 30.5 Å².